The maximum absolute atomic E-state index is 13.1. The third-order valence-electron chi connectivity index (χ3n) is 4.71. The lowest BCUT2D eigenvalue weighted by molar-refractivity contribution is -0.894. The van der Waals surface area contributed by atoms with E-state index in [4.69, 9.17) is 4.98 Å². The summed E-state index contributed by atoms with van der Waals surface area (Å²) in [4.78, 5) is 22.1. The van der Waals surface area contributed by atoms with Gasteiger partial charge in [-0.25, -0.2) is 4.98 Å². The van der Waals surface area contributed by atoms with Gasteiger partial charge in [0, 0.05) is 0 Å². The summed E-state index contributed by atoms with van der Waals surface area (Å²) in [5, 5.41) is 2.76. The highest BCUT2D eigenvalue weighted by atomic mass is 32.1. The summed E-state index contributed by atoms with van der Waals surface area (Å²) in [6.45, 7) is 12.3. The molecule has 0 bridgehead atoms. The summed E-state index contributed by atoms with van der Waals surface area (Å²) in [6.07, 6.45) is 0. The lowest BCUT2D eigenvalue weighted by atomic mass is 10.1. The number of benzene rings is 1. The minimum Gasteiger partial charge on any atom is -0.334 e. The van der Waals surface area contributed by atoms with E-state index < -0.39 is 0 Å². The number of hydrogen-bond donors (Lipinski definition) is 1. The van der Waals surface area contributed by atoms with E-state index >= 15 is 0 Å². The van der Waals surface area contributed by atoms with Crippen molar-refractivity contribution in [2.75, 3.05) is 31.1 Å². The molecule has 1 amide bonds. The largest absolute Gasteiger partial charge is 0.334 e. The molecule has 0 atom stereocenters. The molecule has 0 fully saturated rings. The number of hydrogen-bond acceptors (Lipinski definition) is 4. The van der Waals surface area contributed by atoms with Gasteiger partial charge in [0.25, 0.3) is 5.91 Å². The van der Waals surface area contributed by atoms with Crippen molar-refractivity contribution in [3.63, 3.8) is 0 Å². The summed E-state index contributed by atoms with van der Waals surface area (Å²) in [7, 11) is 0. The molecule has 0 unspecified atom stereocenters. The smallest absolute Gasteiger partial charge is 0.270 e. The lowest BCUT2D eigenvalue weighted by Crippen LogP contribution is -3.12. The molecular formula is C20H26N3OS2+. The predicted octanol–water partition coefficient (Wildman–Crippen LogP) is 3.55. The Morgan fingerprint density at radius 3 is 2.65 bits per heavy atom. The topological polar surface area (TPSA) is 37.6 Å². The highest BCUT2D eigenvalue weighted by molar-refractivity contribution is 7.22. The number of amides is 1. The number of thiazole rings is 1. The number of fused-ring (bicyclic) bond motifs is 1. The molecule has 0 aliphatic rings. The van der Waals surface area contributed by atoms with Crippen molar-refractivity contribution in [2.45, 2.75) is 27.7 Å². The first-order valence-electron chi connectivity index (χ1n) is 9.10. The van der Waals surface area contributed by atoms with Gasteiger partial charge in [-0.3, -0.25) is 9.69 Å². The van der Waals surface area contributed by atoms with Gasteiger partial charge >= 0.3 is 0 Å². The number of nitrogens with one attached hydrogen (secondary N) is 1. The second-order valence-electron chi connectivity index (χ2n) is 6.57. The Kier molecular flexibility index (Phi) is 6.06. The number of anilines is 1. The predicted molar refractivity (Wildman–Crippen MR) is 112 cm³/mol. The van der Waals surface area contributed by atoms with Crippen molar-refractivity contribution >= 4 is 43.9 Å². The molecule has 4 nitrogen and oxygen atoms in total. The highest BCUT2D eigenvalue weighted by Crippen LogP contribution is 2.33. The molecule has 0 spiro atoms. The zero-order valence-electron chi connectivity index (χ0n) is 15.8. The van der Waals surface area contributed by atoms with Crippen molar-refractivity contribution < 1.29 is 9.69 Å². The molecule has 3 aromatic rings. The summed E-state index contributed by atoms with van der Waals surface area (Å²) in [5.74, 6) is 0.0555. The highest BCUT2D eigenvalue weighted by Gasteiger charge is 2.23. The summed E-state index contributed by atoms with van der Waals surface area (Å²) >= 11 is 3.11. The van der Waals surface area contributed by atoms with Crippen molar-refractivity contribution in [1.29, 1.82) is 0 Å². The van der Waals surface area contributed by atoms with E-state index in [1.54, 1.807) is 11.3 Å². The number of nitrogens with zero attached hydrogens (tertiary/aromatic N) is 2. The van der Waals surface area contributed by atoms with Crippen molar-refractivity contribution in [3.8, 4) is 0 Å². The fourth-order valence-electron chi connectivity index (χ4n) is 3.17. The normalized spacial score (nSPS) is 11.4. The van der Waals surface area contributed by atoms with E-state index in [0.29, 0.717) is 6.54 Å². The molecular weight excluding hydrogens is 362 g/mol. The zero-order valence-corrected chi connectivity index (χ0v) is 17.5. The number of likely N-dealkylation sites (N-methyl/N-ethyl adjacent to an activating group) is 1. The summed E-state index contributed by atoms with van der Waals surface area (Å²) < 4.78 is 1.17. The van der Waals surface area contributed by atoms with E-state index in [-0.39, 0.29) is 5.91 Å². The van der Waals surface area contributed by atoms with Crippen LogP contribution in [0.1, 0.15) is 34.6 Å². The average Bonchev–Trinajstić information content (AvgIpc) is 3.28. The number of aromatic nitrogens is 1. The molecule has 3 rings (SSSR count). The van der Waals surface area contributed by atoms with Crippen LogP contribution in [0.3, 0.4) is 0 Å². The Hall–Kier alpha value is -1.76. The van der Waals surface area contributed by atoms with E-state index in [0.717, 1.165) is 35.2 Å². The molecule has 0 aliphatic heterocycles. The molecule has 1 aromatic carbocycles. The molecule has 0 saturated heterocycles. The van der Waals surface area contributed by atoms with Gasteiger partial charge in [-0.15, -0.1) is 11.3 Å². The first-order chi connectivity index (χ1) is 12.5. The Bertz CT molecular complexity index is 882. The third-order valence-corrected chi connectivity index (χ3v) is 6.79. The number of carbonyl (C=O) groups excluding carboxylic acids is 1. The van der Waals surface area contributed by atoms with Crippen LogP contribution in [-0.2, 0) is 0 Å². The van der Waals surface area contributed by atoms with Gasteiger partial charge in [0.1, 0.15) is 0 Å². The van der Waals surface area contributed by atoms with Crippen molar-refractivity contribution in [1.82, 2.24) is 4.98 Å². The van der Waals surface area contributed by atoms with Crippen molar-refractivity contribution in [2.24, 2.45) is 0 Å². The van der Waals surface area contributed by atoms with Crippen LogP contribution in [0.25, 0.3) is 10.2 Å². The first-order valence-corrected chi connectivity index (χ1v) is 10.8. The summed E-state index contributed by atoms with van der Waals surface area (Å²) in [5.41, 5.74) is 3.42. The van der Waals surface area contributed by atoms with Gasteiger partial charge < -0.3 is 4.90 Å². The molecule has 0 aliphatic carbocycles. The van der Waals surface area contributed by atoms with Crippen LogP contribution in [0, 0.1) is 13.8 Å². The molecule has 138 valence electrons. The van der Waals surface area contributed by atoms with Crippen LogP contribution in [0.5, 0.6) is 0 Å². The molecule has 2 heterocycles. The Balaban J connectivity index is 1.96. The molecule has 0 radical (unpaired) electrons. The van der Waals surface area contributed by atoms with E-state index in [9.17, 15) is 4.79 Å². The number of rotatable bonds is 7. The van der Waals surface area contributed by atoms with Gasteiger partial charge in [0.2, 0.25) is 0 Å². The number of thiophene rings is 1. The lowest BCUT2D eigenvalue weighted by Gasteiger charge is -2.22. The van der Waals surface area contributed by atoms with Crippen molar-refractivity contribution in [3.05, 3.63) is 45.6 Å². The Morgan fingerprint density at radius 2 is 2.00 bits per heavy atom. The minimum atomic E-state index is 0.0555. The maximum Gasteiger partial charge on any atom is 0.270 e. The summed E-state index contributed by atoms with van der Waals surface area (Å²) in [6, 6.07) is 8.10. The number of carbonyl (C=O) groups is 1. The standard InChI is InChI=1S/C20H25N3OS2/c1-5-22(6-2)9-10-23(19(24)17-8-7-11-25-17)20-21-16-13-14(3)12-15(4)18(16)26-20/h7-8,11-13H,5-6,9-10H2,1-4H3/p+1. The van der Waals surface area contributed by atoms with Gasteiger partial charge in [-0.05, 0) is 56.3 Å². The molecule has 6 heteroatoms. The van der Waals surface area contributed by atoms with Crippen LogP contribution in [0.15, 0.2) is 29.6 Å². The van der Waals surface area contributed by atoms with E-state index in [2.05, 4.69) is 39.8 Å². The monoisotopic (exact) mass is 388 g/mol. The van der Waals surface area contributed by atoms with Crippen LogP contribution in [0.2, 0.25) is 0 Å². The van der Waals surface area contributed by atoms with Gasteiger partial charge in [-0.1, -0.05) is 23.5 Å². The SMILES string of the molecule is CC[NH+](CC)CCN(C(=O)c1cccs1)c1nc2cc(C)cc(C)c2s1. The second-order valence-corrected chi connectivity index (χ2v) is 8.49. The van der Waals surface area contributed by atoms with Crippen LogP contribution in [0.4, 0.5) is 5.13 Å². The van der Waals surface area contributed by atoms with Gasteiger partial charge in [0.15, 0.2) is 5.13 Å². The molecule has 2 aromatic heterocycles. The van der Waals surface area contributed by atoms with Crippen LogP contribution < -0.4 is 9.80 Å². The van der Waals surface area contributed by atoms with E-state index in [1.165, 1.54) is 32.1 Å². The molecule has 26 heavy (non-hydrogen) atoms. The quantitative estimate of drug-likeness (QED) is 0.672. The number of aryl methyl sites for hydroxylation is 2. The van der Waals surface area contributed by atoms with E-state index in [1.807, 2.05) is 22.4 Å². The minimum absolute atomic E-state index is 0.0555. The second kappa shape index (κ2) is 8.29. The molecule has 0 saturated carbocycles. The van der Waals surface area contributed by atoms with Gasteiger partial charge in [-0.2, -0.15) is 0 Å². The number of quaternary nitrogens is 1. The zero-order chi connectivity index (χ0) is 18.7. The van der Waals surface area contributed by atoms with Crippen LogP contribution >= 0.6 is 22.7 Å². The van der Waals surface area contributed by atoms with Crippen LogP contribution in [-0.4, -0.2) is 37.1 Å². The molecule has 1 N–H and O–H groups in total. The Morgan fingerprint density at radius 1 is 1.23 bits per heavy atom. The Labute approximate surface area is 163 Å². The fourth-order valence-corrected chi connectivity index (χ4v) is 4.88. The van der Waals surface area contributed by atoms with Gasteiger partial charge in [0.05, 0.1) is 41.3 Å². The first kappa shape index (κ1) is 19.0. The third kappa shape index (κ3) is 3.98. The maximum atomic E-state index is 13.1. The average molecular weight is 389 g/mol. The fraction of sp³-hybridized carbons (Fsp3) is 0.400.